The maximum Gasteiger partial charge on any atom is 0.273 e. The van der Waals surface area contributed by atoms with Gasteiger partial charge in [0.15, 0.2) is 5.76 Å². The number of aryl methyl sites for hydroxylation is 1. The van der Waals surface area contributed by atoms with Crippen LogP contribution in [0.4, 0.5) is 0 Å². The molecule has 182 valence electrons. The van der Waals surface area contributed by atoms with Gasteiger partial charge in [-0.25, -0.2) is 0 Å². The Morgan fingerprint density at radius 3 is 2.74 bits per heavy atom. The van der Waals surface area contributed by atoms with Crippen LogP contribution in [0.15, 0.2) is 64.8 Å². The number of furan rings is 1. The fourth-order valence-corrected chi connectivity index (χ4v) is 5.00. The molecular formula is C28H32N4O3. The molecule has 1 N–H and O–H groups in total. The van der Waals surface area contributed by atoms with Crippen LogP contribution < -0.4 is 5.32 Å². The van der Waals surface area contributed by atoms with Gasteiger partial charge in [0.1, 0.15) is 16.9 Å². The molecule has 1 aliphatic heterocycles. The highest BCUT2D eigenvalue weighted by Gasteiger charge is 2.47. The Balaban J connectivity index is 1.42. The van der Waals surface area contributed by atoms with Gasteiger partial charge in [0.05, 0.1) is 12.8 Å². The van der Waals surface area contributed by atoms with Crippen molar-refractivity contribution in [1.29, 1.82) is 0 Å². The quantitative estimate of drug-likeness (QED) is 0.498. The van der Waals surface area contributed by atoms with Crippen LogP contribution in [0.2, 0.25) is 0 Å². The van der Waals surface area contributed by atoms with Crippen LogP contribution in [0, 0.1) is 6.92 Å². The van der Waals surface area contributed by atoms with E-state index in [2.05, 4.69) is 16.5 Å². The van der Waals surface area contributed by atoms with E-state index in [1.165, 1.54) is 24.0 Å². The molecule has 7 nitrogen and oxygen atoms in total. The molecule has 0 spiro atoms. The van der Waals surface area contributed by atoms with E-state index in [0.29, 0.717) is 30.2 Å². The van der Waals surface area contributed by atoms with Crippen molar-refractivity contribution in [3.05, 3.63) is 77.2 Å². The number of nitrogens with zero attached hydrogens (tertiary/aromatic N) is 3. The first-order valence-corrected chi connectivity index (χ1v) is 12.4. The number of carbonyl (C=O) groups excluding carboxylic acids is 2. The average Bonchev–Trinajstić information content (AvgIpc) is 3.54. The van der Waals surface area contributed by atoms with E-state index in [4.69, 9.17) is 4.42 Å². The predicted octanol–water partition coefficient (Wildman–Crippen LogP) is 4.87. The Hall–Kier alpha value is -3.61. The molecule has 1 atom stereocenters. The van der Waals surface area contributed by atoms with Gasteiger partial charge in [-0.15, -0.1) is 0 Å². The summed E-state index contributed by atoms with van der Waals surface area (Å²) in [5.74, 6) is 0.250. The third-order valence-electron chi connectivity index (χ3n) is 7.18. The van der Waals surface area contributed by atoms with Crippen LogP contribution in [-0.4, -0.2) is 38.6 Å². The Labute approximate surface area is 205 Å². The van der Waals surface area contributed by atoms with Crippen LogP contribution in [0.1, 0.15) is 60.6 Å². The Morgan fingerprint density at radius 2 is 2.03 bits per heavy atom. The summed E-state index contributed by atoms with van der Waals surface area (Å²) in [6.45, 7) is 5.08. The number of aromatic nitrogens is 2. The maximum absolute atomic E-state index is 13.7. The third kappa shape index (κ3) is 4.67. The van der Waals surface area contributed by atoms with Gasteiger partial charge in [-0.05, 0) is 63.6 Å². The number of benzene rings is 1. The summed E-state index contributed by atoms with van der Waals surface area (Å²) < 4.78 is 7.15. The molecule has 35 heavy (non-hydrogen) atoms. The molecule has 1 aromatic carbocycles. The molecule has 2 aromatic heterocycles. The summed E-state index contributed by atoms with van der Waals surface area (Å²) in [6, 6.07) is 13.5. The smallest absolute Gasteiger partial charge is 0.273 e. The van der Waals surface area contributed by atoms with Gasteiger partial charge in [0.25, 0.3) is 5.91 Å². The molecule has 0 bridgehead atoms. The molecule has 0 saturated heterocycles. The standard InChI is InChI=1S/C28H32N4O3/c1-20-10-12-22(13-11-20)18-29-27(34)28(2)19-32-24(17-23(30-32)25-9-6-16-35-25)26(33)31(28)15-14-21-7-4-3-5-8-21/h6-7,9-13,16-17H,3-5,8,14-15,18-19H2,1-2H3,(H,29,34)/t28-/m0/s1. The second-order valence-electron chi connectivity index (χ2n) is 9.81. The number of hydrogen-bond donors (Lipinski definition) is 1. The zero-order valence-corrected chi connectivity index (χ0v) is 20.4. The molecule has 7 heteroatoms. The fraction of sp³-hybridized carbons (Fsp3) is 0.393. The lowest BCUT2D eigenvalue weighted by molar-refractivity contribution is -0.133. The summed E-state index contributed by atoms with van der Waals surface area (Å²) in [7, 11) is 0. The van der Waals surface area contributed by atoms with Crippen molar-refractivity contribution in [3.8, 4) is 11.5 Å². The monoisotopic (exact) mass is 472 g/mol. The van der Waals surface area contributed by atoms with E-state index in [1.54, 1.807) is 28.0 Å². The van der Waals surface area contributed by atoms with E-state index in [0.717, 1.165) is 24.8 Å². The topological polar surface area (TPSA) is 80.4 Å². The van der Waals surface area contributed by atoms with E-state index in [-0.39, 0.29) is 18.4 Å². The number of amides is 2. The van der Waals surface area contributed by atoms with Gasteiger partial charge in [-0.2, -0.15) is 5.10 Å². The van der Waals surface area contributed by atoms with E-state index >= 15 is 0 Å². The normalized spacial score (nSPS) is 19.9. The van der Waals surface area contributed by atoms with E-state index in [1.807, 2.05) is 44.2 Å². The Morgan fingerprint density at radius 1 is 1.20 bits per heavy atom. The highest BCUT2D eigenvalue weighted by molar-refractivity contribution is 6.00. The third-order valence-corrected chi connectivity index (χ3v) is 7.18. The lowest BCUT2D eigenvalue weighted by Gasteiger charge is -2.43. The number of hydrogen-bond acceptors (Lipinski definition) is 4. The van der Waals surface area contributed by atoms with Crippen LogP contribution in [0.5, 0.6) is 0 Å². The zero-order valence-electron chi connectivity index (χ0n) is 20.4. The zero-order chi connectivity index (χ0) is 24.4. The second kappa shape index (κ2) is 9.56. The maximum atomic E-state index is 13.7. The summed E-state index contributed by atoms with van der Waals surface area (Å²) >= 11 is 0. The summed E-state index contributed by atoms with van der Waals surface area (Å²) in [5.41, 5.74) is 3.59. The lowest BCUT2D eigenvalue weighted by atomic mass is 9.92. The average molecular weight is 473 g/mol. The predicted molar refractivity (Wildman–Crippen MR) is 134 cm³/mol. The Kier molecular flexibility index (Phi) is 6.32. The second-order valence-corrected chi connectivity index (χ2v) is 9.81. The molecule has 3 heterocycles. The summed E-state index contributed by atoms with van der Waals surface area (Å²) in [6.07, 6.45) is 9.24. The lowest BCUT2D eigenvalue weighted by Crippen LogP contribution is -2.64. The molecule has 0 unspecified atom stereocenters. The van der Waals surface area contributed by atoms with E-state index < -0.39 is 5.54 Å². The molecule has 3 aromatic rings. The number of nitrogens with one attached hydrogen (secondary N) is 1. The first kappa shape index (κ1) is 23.1. The van der Waals surface area contributed by atoms with Crippen molar-refractivity contribution in [1.82, 2.24) is 20.0 Å². The fourth-order valence-electron chi connectivity index (χ4n) is 5.00. The van der Waals surface area contributed by atoms with Crippen molar-refractivity contribution in [2.24, 2.45) is 0 Å². The minimum absolute atomic E-state index is 0.175. The number of allylic oxidation sites excluding steroid dienone is 1. The van der Waals surface area contributed by atoms with Gasteiger partial charge in [-0.1, -0.05) is 41.5 Å². The van der Waals surface area contributed by atoms with Crippen LogP contribution in [0.3, 0.4) is 0 Å². The number of rotatable bonds is 7. The first-order chi connectivity index (χ1) is 16.9. The molecule has 0 saturated carbocycles. The van der Waals surface area contributed by atoms with Crippen LogP contribution in [-0.2, 0) is 17.9 Å². The minimum Gasteiger partial charge on any atom is -0.463 e. The molecule has 2 aliphatic rings. The molecule has 0 fully saturated rings. The number of carbonyl (C=O) groups is 2. The molecule has 0 radical (unpaired) electrons. The summed E-state index contributed by atoms with van der Waals surface area (Å²) in [5, 5.41) is 7.69. The van der Waals surface area contributed by atoms with Crippen molar-refractivity contribution >= 4 is 11.8 Å². The van der Waals surface area contributed by atoms with Gasteiger partial charge < -0.3 is 14.6 Å². The highest BCUT2D eigenvalue weighted by atomic mass is 16.3. The highest BCUT2D eigenvalue weighted by Crippen LogP contribution is 2.31. The van der Waals surface area contributed by atoms with Crippen molar-refractivity contribution < 1.29 is 14.0 Å². The van der Waals surface area contributed by atoms with Gasteiger partial charge in [0, 0.05) is 19.2 Å². The Bertz CT molecular complexity index is 1240. The molecule has 5 rings (SSSR count). The van der Waals surface area contributed by atoms with Gasteiger partial charge in [-0.3, -0.25) is 14.3 Å². The largest absolute Gasteiger partial charge is 0.463 e. The van der Waals surface area contributed by atoms with Gasteiger partial charge in [0.2, 0.25) is 5.91 Å². The first-order valence-electron chi connectivity index (χ1n) is 12.4. The van der Waals surface area contributed by atoms with Crippen molar-refractivity contribution in [2.75, 3.05) is 6.54 Å². The van der Waals surface area contributed by atoms with Crippen molar-refractivity contribution in [3.63, 3.8) is 0 Å². The van der Waals surface area contributed by atoms with Crippen LogP contribution >= 0.6 is 0 Å². The van der Waals surface area contributed by atoms with Crippen LogP contribution in [0.25, 0.3) is 11.5 Å². The van der Waals surface area contributed by atoms with Gasteiger partial charge >= 0.3 is 0 Å². The van der Waals surface area contributed by atoms with E-state index in [9.17, 15) is 9.59 Å². The number of fused-ring (bicyclic) bond motifs is 1. The molecular weight excluding hydrogens is 440 g/mol. The molecule has 2 amide bonds. The SMILES string of the molecule is Cc1ccc(CNC(=O)[C@]2(C)Cn3nc(-c4ccco4)cc3C(=O)N2CCC2=CCCCC2)cc1. The van der Waals surface area contributed by atoms with Crippen molar-refractivity contribution in [2.45, 2.75) is 64.6 Å². The molecule has 1 aliphatic carbocycles. The minimum atomic E-state index is -1.06. The summed E-state index contributed by atoms with van der Waals surface area (Å²) in [4.78, 5) is 29.1.